The van der Waals surface area contributed by atoms with Gasteiger partial charge < -0.3 is 4.90 Å². The van der Waals surface area contributed by atoms with Gasteiger partial charge in [0, 0.05) is 18.8 Å². The van der Waals surface area contributed by atoms with Gasteiger partial charge in [-0.05, 0) is 18.2 Å². The van der Waals surface area contributed by atoms with Crippen molar-refractivity contribution in [3.8, 4) is 6.07 Å². The molecule has 0 unspecified atom stereocenters. The minimum atomic E-state index is 0.391. The molecule has 0 amide bonds. The average molecular weight is 258 g/mol. The Balaban J connectivity index is 2.48. The Bertz CT molecular complexity index is 590. The zero-order chi connectivity index (χ0) is 13.0. The number of para-hydroxylation sites is 1. The number of aromatic nitrogens is 1. The molecule has 4 heteroatoms. The summed E-state index contributed by atoms with van der Waals surface area (Å²) in [7, 11) is 1.88. The van der Waals surface area contributed by atoms with Gasteiger partial charge in [-0.25, -0.2) is 4.98 Å². The molecule has 1 heterocycles. The lowest BCUT2D eigenvalue weighted by Crippen LogP contribution is -2.14. The van der Waals surface area contributed by atoms with Gasteiger partial charge in [0.25, 0.3) is 0 Å². The highest BCUT2D eigenvalue weighted by molar-refractivity contribution is 6.17. The topological polar surface area (TPSA) is 39.9 Å². The van der Waals surface area contributed by atoms with Gasteiger partial charge in [-0.3, -0.25) is 0 Å². The van der Waals surface area contributed by atoms with Crippen molar-refractivity contribution in [2.75, 3.05) is 11.9 Å². The number of anilines is 2. The molecule has 0 N–H and O–H groups in total. The summed E-state index contributed by atoms with van der Waals surface area (Å²) in [6, 6.07) is 13.4. The number of hydrogen-bond acceptors (Lipinski definition) is 3. The van der Waals surface area contributed by atoms with Crippen molar-refractivity contribution >= 4 is 23.1 Å². The molecule has 90 valence electrons. The van der Waals surface area contributed by atoms with Gasteiger partial charge in [-0.2, -0.15) is 5.26 Å². The molecule has 0 fully saturated rings. The Morgan fingerprint density at radius 3 is 2.78 bits per heavy atom. The predicted octanol–water partition coefficient (Wildman–Crippen LogP) is 3.46. The SMILES string of the molecule is CN(c1ccccc1C#N)c1ncccc1CCl. The summed E-state index contributed by atoms with van der Waals surface area (Å²) in [5.74, 6) is 1.16. The zero-order valence-electron chi connectivity index (χ0n) is 9.97. The smallest absolute Gasteiger partial charge is 0.137 e. The number of halogens is 1. The third-order valence-electron chi connectivity index (χ3n) is 2.72. The lowest BCUT2D eigenvalue weighted by molar-refractivity contribution is 1.09. The van der Waals surface area contributed by atoms with Crippen LogP contribution in [0.15, 0.2) is 42.6 Å². The van der Waals surface area contributed by atoms with E-state index in [1.165, 1.54) is 0 Å². The summed E-state index contributed by atoms with van der Waals surface area (Å²) >= 11 is 5.91. The first-order valence-corrected chi connectivity index (χ1v) is 6.04. The second-order valence-electron chi connectivity index (χ2n) is 3.81. The Hall–Kier alpha value is -2.05. The number of nitriles is 1. The molecule has 0 aliphatic rings. The first-order valence-electron chi connectivity index (χ1n) is 5.50. The van der Waals surface area contributed by atoms with E-state index in [0.717, 1.165) is 17.1 Å². The molecular formula is C14H12ClN3. The monoisotopic (exact) mass is 257 g/mol. The van der Waals surface area contributed by atoms with E-state index in [1.54, 1.807) is 12.3 Å². The van der Waals surface area contributed by atoms with E-state index in [2.05, 4.69) is 11.1 Å². The van der Waals surface area contributed by atoms with Crippen molar-refractivity contribution < 1.29 is 0 Å². The number of pyridine rings is 1. The molecule has 2 rings (SSSR count). The standard InChI is InChI=1S/C14H12ClN3/c1-18(13-7-3-2-5-12(13)10-16)14-11(9-15)6-4-8-17-14/h2-8H,9H2,1H3. The van der Waals surface area contributed by atoms with Gasteiger partial charge in [0.15, 0.2) is 0 Å². The summed E-state index contributed by atoms with van der Waals surface area (Å²) in [5.41, 5.74) is 2.38. The Labute approximate surface area is 111 Å². The van der Waals surface area contributed by atoms with Crippen LogP contribution in [0, 0.1) is 11.3 Å². The summed E-state index contributed by atoms with van der Waals surface area (Å²) in [4.78, 5) is 6.22. The van der Waals surface area contributed by atoms with Gasteiger partial charge in [-0.1, -0.05) is 18.2 Å². The van der Waals surface area contributed by atoms with Crippen LogP contribution < -0.4 is 4.90 Å². The third-order valence-corrected chi connectivity index (χ3v) is 3.00. The fourth-order valence-corrected chi connectivity index (χ4v) is 2.02. The second kappa shape index (κ2) is 5.52. The second-order valence-corrected chi connectivity index (χ2v) is 4.07. The van der Waals surface area contributed by atoms with E-state index < -0.39 is 0 Å². The molecule has 0 spiro atoms. The average Bonchev–Trinajstić information content (AvgIpc) is 2.46. The molecule has 1 aromatic heterocycles. The van der Waals surface area contributed by atoms with Crippen molar-refractivity contribution in [1.29, 1.82) is 5.26 Å². The summed E-state index contributed by atoms with van der Waals surface area (Å²) in [5, 5.41) is 9.12. The van der Waals surface area contributed by atoms with Crippen LogP contribution in [0.1, 0.15) is 11.1 Å². The molecule has 2 aromatic rings. The molecule has 1 aromatic carbocycles. The largest absolute Gasteiger partial charge is 0.328 e. The fourth-order valence-electron chi connectivity index (χ4n) is 1.81. The van der Waals surface area contributed by atoms with Gasteiger partial charge >= 0.3 is 0 Å². The van der Waals surface area contributed by atoms with Crippen LogP contribution in [0.3, 0.4) is 0 Å². The van der Waals surface area contributed by atoms with Crippen LogP contribution in [0.4, 0.5) is 11.5 Å². The van der Waals surface area contributed by atoms with Crippen LogP contribution >= 0.6 is 11.6 Å². The first-order chi connectivity index (χ1) is 8.77. The fraction of sp³-hybridized carbons (Fsp3) is 0.143. The van der Waals surface area contributed by atoms with E-state index in [4.69, 9.17) is 16.9 Å². The lowest BCUT2D eigenvalue weighted by Gasteiger charge is -2.21. The minimum absolute atomic E-state index is 0.391. The van der Waals surface area contributed by atoms with Crippen molar-refractivity contribution in [1.82, 2.24) is 4.98 Å². The van der Waals surface area contributed by atoms with Crippen LogP contribution in [0.2, 0.25) is 0 Å². The summed E-state index contributed by atoms with van der Waals surface area (Å²) in [6.07, 6.45) is 1.72. The molecule has 18 heavy (non-hydrogen) atoms. The van der Waals surface area contributed by atoms with Crippen molar-refractivity contribution in [3.63, 3.8) is 0 Å². The Morgan fingerprint density at radius 2 is 2.06 bits per heavy atom. The van der Waals surface area contributed by atoms with Crippen LogP contribution in [-0.2, 0) is 5.88 Å². The van der Waals surface area contributed by atoms with E-state index in [-0.39, 0.29) is 0 Å². The van der Waals surface area contributed by atoms with Gasteiger partial charge in [-0.15, -0.1) is 11.6 Å². The van der Waals surface area contributed by atoms with Crippen LogP contribution in [0.25, 0.3) is 0 Å². The van der Waals surface area contributed by atoms with Crippen LogP contribution in [0.5, 0.6) is 0 Å². The number of nitrogens with zero attached hydrogens (tertiary/aromatic N) is 3. The maximum atomic E-state index is 9.12. The highest BCUT2D eigenvalue weighted by atomic mass is 35.5. The van der Waals surface area contributed by atoms with Crippen molar-refractivity contribution in [2.45, 2.75) is 5.88 Å². The molecule has 0 saturated heterocycles. The van der Waals surface area contributed by atoms with Crippen molar-refractivity contribution in [3.05, 3.63) is 53.7 Å². The third kappa shape index (κ3) is 2.29. The van der Waals surface area contributed by atoms with Crippen molar-refractivity contribution in [2.24, 2.45) is 0 Å². The predicted molar refractivity (Wildman–Crippen MR) is 73.0 cm³/mol. The highest BCUT2D eigenvalue weighted by Gasteiger charge is 2.12. The Morgan fingerprint density at radius 1 is 1.28 bits per heavy atom. The minimum Gasteiger partial charge on any atom is -0.328 e. The molecule has 0 saturated carbocycles. The van der Waals surface area contributed by atoms with Gasteiger partial charge in [0.05, 0.1) is 17.1 Å². The first kappa shape index (κ1) is 12.4. The maximum Gasteiger partial charge on any atom is 0.137 e. The molecule has 0 radical (unpaired) electrons. The van der Waals surface area contributed by atoms with E-state index in [0.29, 0.717) is 11.4 Å². The summed E-state index contributed by atoms with van der Waals surface area (Å²) in [6.45, 7) is 0. The van der Waals surface area contributed by atoms with E-state index in [1.807, 2.05) is 42.3 Å². The van der Waals surface area contributed by atoms with Crippen LogP contribution in [-0.4, -0.2) is 12.0 Å². The molecular weight excluding hydrogens is 246 g/mol. The highest BCUT2D eigenvalue weighted by Crippen LogP contribution is 2.28. The number of hydrogen-bond donors (Lipinski definition) is 0. The molecule has 0 bridgehead atoms. The Kier molecular flexibility index (Phi) is 3.81. The number of rotatable bonds is 3. The maximum absolute atomic E-state index is 9.12. The quantitative estimate of drug-likeness (QED) is 0.791. The summed E-state index contributed by atoms with van der Waals surface area (Å²) < 4.78 is 0. The molecule has 0 aliphatic heterocycles. The van der Waals surface area contributed by atoms with E-state index in [9.17, 15) is 0 Å². The molecule has 0 aliphatic carbocycles. The lowest BCUT2D eigenvalue weighted by atomic mass is 10.1. The number of alkyl halides is 1. The molecule has 3 nitrogen and oxygen atoms in total. The van der Waals surface area contributed by atoms with Gasteiger partial charge in [0.2, 0.25) is 0 Å². The number of benzene rings is 1. The zero-order valence-corrected chi connectivity index (χ0v) is 10.7. The normalized spacial score (nSPS) is 9.83. The van der Waals surface area contributed by atoms with E-state index >= 15 is 0 Å². The molecule has 0 atom stereocenters. The van der Waals surface area contributed by atoms with Gasteiger partial charge in [0.1, 0.15) is 11.9 Å².